The van der Waals surface area contributed by atoms with Crippen LogP contribution in [-0.4, -0.2) is 4.98 Å². The van der Waals surface area contributed by atoms with Crippen molar-refractivity contribution in [2.45, 2.75) is 0 Å². The van der Waals surface area contributed by atoms with E-state index >= 15 is 0 Å². The molecule has 1 aromatic heterocycles. The molecule has 0 radical (unpaired) electrons. The molecule has 0 aliphatic rings. The van der Waals surface area contributed by atoms with Gasteiger partial charge < -0.3 is 0 Å². The highest BCUT2D eigenvalue weighted by Gasteiger charge is 2.06. The highest BCUT2D eigenvalue weighted by atomic mass is 79.9. The standard InChI is InChI=1S/C9H4BrCl2N/c10-5-1-2-7(12)9-8(5)6(11)3-4-13-9/h1-4H. The van der Waals surface area contributed by atoms with E-state index in [-0.39, 0.29) is 0 Å². The van der Waals surface area contributed by atoms with Crippen molar-refractivity contribution in [2.24, 2.45) is 0 Å². The molecule has 4 heteroatoms. The zero-order chi connectivity index (χ0) is 9.42. The number of benzene rings is 1. The van der Waals surface area contributed by atoms with E-state index in [1.54, 1.807) is 18.3 Å². The molecule has 0 bridgehead atoms. The van der Waals surface area contributed by atoms with E-state index in [1.807, 2.05) is 6.07 Å². The predicted octanol–water partition coefficient (Wildman–Crippen LogP) is 4.30. The Kier molecular flexibility index (Phi) is 2.45. The number of fused-ring (bicyclic) bond motifs is 1. The van der Waals surface area contributed by atoms with Crippen molar-refractivity contribution in [1.29, 1.82) is 0 Å². The number of halogens is 3. The number of hydrogen-bond acceptors (Lipinski definition) is 1. The normalized spacial score (nSPS) is 10.7. The van der Waals surface area contributed by atoms with Crippen LogP contribution in [0.25, 0.3) is 10.9 Å². The maximum absolute atomic E-state index is 6.01. The van der Waals surface area contributed by atoms with E-state index < -0.39 is 0 Å². The number of aromatic nitrogens is 1. The van der Waals surface area contributed by atoms with Crippen LogP contribution < -0.4 is 0 Å². The molecule has 1 heterocycles. The molecule has 1 aromatic carbocycles. The van der Waals surface area contributed by atoms with Crippen LogP contribution in [0.15, 0.2) is 28.9 Å². The summed E-state index contributed by atoms with van der Waals surface area (Å²) in [5.74, 6) is 0. The average Bonchev–Trinajstić information content (AvgIpc) is 2.12. The van der Waals surface area contributed by atoms with Gasteiger partial charge in [0.25, 0.3) is 0 Å². The van der Waals surface area contributed by atoms with Gasteiger partial charge in [-0.2, -0.15) is 0 Å². The van der Waals surface area contributed by atoms with E-state index in [0.29, 0.717) is 10.0 Å². The van der Waals surface area contributed by atoms with Crippen LogP contribution in [0.3, 0.4) is 0 Å². The summed E-state index contributed by atoms with van der Waals surface area (Å²) in [6.45, 7) is 0. The van der Waals surface area contributed by atoms with E-state index in [0.717, 1.165) is 15.4 Å². The zero-order valence-electron chi connectivity index (χ0n) is 6.39. The minimum absolute atomic E-state index is 0.612. The van der Waals surface area contributed by atoms with Crippen molar-refractivity contribution in [3.63, 3.8) is 0 Å². The molecule has 2 rings (SSSR count). The molecule has 13 heavy (non-hydrogen) atoms. The molecule has 0 saturated carbocycles. The first kappa shape index (κ1) is 9.25. The molecule has 0 atom stereocenters. The van der Waals surface area contributed by atoms with Gasteiger partial charge in [0.05, 0.1) is 15.6 Å². The maximum Gasteiger partial charge on any atom is 0.0914 e. The number of hydrogen-bond donors (Lipinski definition) is 0. The molecule has 66 valence electrons. The lowest BCUT2D eigenvalue weighted by Crippen LogP contribution is -1.81. The van der Waals surface area contributed by atoms with Crippen LogP contribution in [0.1, 0.15) is 0 Å². The summed E-state index contributed by atoms with van der Waals surface area (Å²) < 4.78 is 0.907. The number of rotatable bonds is 0. The first-order chi connectivity index (χ1) is 6.20. The summed E-state index contributed by atoms with van der Waals surface area (Å²) in [5, 5.41) is 2.12. The third kappa shape index (κ3) is 1.54. The molecule has 0 aliphatic carbocycles. The molecular formula is C9H4BrCl2N. The third-order valence-electron chi connectivity index (χ3n) is 1.74. The first-order valence-corrected chi connectivity index (χ1v) is 5.13. The van der Waals surface area contributed by atoms with Crippen molar-refractivity contribution >= 4 is 50.0 Å². The van der Waals surface area contributed by atoms with Crippen LogP contribution in [0.2, 0.25) is 10.0 Å². The molecule has 0 aliphatic heterocycles. The van der Waals surface area contributed by atoms with Gasteiger partial charge in [0.2, 0.25) is 0 Å². The fraction of sp³-hybridized carbons (Fsp3) is 0. The van der Waals surface area contributed by atoms with Crippen LogP contribution >= 0.6 is 39.1 Å². The Balaban J connectivity index is 3.00. The third-order valence-corrected chi connectivity index (χ3v) is 3.02. The summed E-state index contributed by atoms with van der Waals surface area (Å²) in [4.78, 5) is 4.16. The average molecular weight is 277 g/mol. The number of nitrogens with zero attached hydrogens (tertiary/aromatic N) is 1. The molecule has 2 aromatic rings. The Morgan fingerprint density at radius 3 is 2.54 bits per heavy atom. The van der Waals surface area contributed by atoms with Gasteiger partial charge in [-0.1, -0.05) is 39.1 Å². The van der Waals surface area contributed by atoms with Gasteiger partial charge in [0.15, 0.2) is 0 Å². The topological polar surface area (TPSA) is 12.9 Å². The fourth-order valence-electron chi connectivity index (χ4n) is 1.16. The van der Waals surface area contributed by atoms with Crippen molar-refractivity contribution in [3.8, 4) is 0 Å². The van der Waals surface area contributed by atoms with E-state index in [9.17, 15) is 0 Å². The van der Waals surface area contributed by atoms with Gasteiger partial charge in [-0.15, -0.1) is 0 Å². The SMILES string of the molecule is Clc1ccc(Br)c2c(Cl)ccnc12. The highest BCUT2D eigenvalue weighted by Crippen LogP contribution is 2.33. The second kappa shape index (κ2) is 3.45. The van der Waals surface area contributed by atoms with Gasteiger partial charge in [-0.25, -0.2) is 0 Å². The largest absolute Gasteiger partial charge is 0.255 e. The lowest BCUT2D eigenvalue weighted by Gasteiger charge is -2.03. The van der Waals surface area contributed by atoms with Gasteiger partial charge in [0, 0.05) is 16.1 Å². The summed E-state index contributed by atoms with van der Waals surface area (Å²) in [6, 6.07) is 5.39. The lowest BCUT2D eigenvalue weighted by molar-refractivity contribution is 1.41. The van der Waals surface area contributed by atoms with Crippen LogP contribution in [-0.2, 0) is 0 Å². The first-order valence-electron chi connectivity index (χ1n) is 3.58. The van der Waals surface area contributed by atoms with E-state index in [2.05, 4.69) is 20.9 Å². The van der Waals surface area contributed by atoms with Crippen molar-refractivity contribution < 1.29 is 0 Å². The monoisotopic (exact) mass is 275 g/mol. The zero-order valence-corrected chi connectivity index (χ0v) is 9.49. The summed E-state index contributed by atoms with van der Waals surface area (Å²) in [5.41, 5.74) is 0.726. The van der Waals surface area contributed by atoms with Crippen LogP contribution in [0, 0.1) is 0 Å². The molecule has 0 spiro atoms. The molecule has 0 fully saturated rings. The molecule has 0 amide bonds. The predicted molar refractivity (Wildman–Crippen MR) is 59.5 cm³/mol. The minimum atomic E-state index is 0.612. The minimum Gasteiger partial charge on any atom is -0.255 e. The second-order valence-corrected chi connectivity index (χ2v) is 4.21. The van der Waals surface area contributed by atoms with E-state index in [4.69, 9.17) is 23.2 Å². The fourth-order valence-corrected chi connectivity index (χ4v) is 2.26. The smallest absolute Gasteiger partial charge is 0.0914 e. The molecule has 0 saturated heterocycles. The molecule has 0 unspecified atom stereocenters. The number of pyridine rings is 1. The molecular weight excluding hydrogens is 273 g/mol. The van der Waals surface area contributed by atoms with E-state index in [1.165, 1.54) is 0 Å². The second-order valence-electron chi connectivity index (χ2n) is 2.55. The van der Waals surface area contributed by atoms with Crippen LogP contribution in [0.5, 0.6) is 0 Å². The van der Waals surface area contributed by atoms with Gasteiger partial charge in [-0.05, 0) is 18.2 Å². The summed E-state index contributed by atoms with van der Waals surface area (Å²) in [6.07, 6.45) is 1.64. The highest BCUT2D eigenvalue weighted by molar-refractivity contribution is 9.10. The molecule has 0 N–H and O–H groups in total. The van der Waals surface area contributed by atoms with Crippen LogP contribution in [0.4, 0.5) is 0 Å². The Morgan fingerprint density at radius 2 is 1.85 bits per heavy atom. The Labute approximate surface area is 93.8 Å². The van der Waals surface area contributed by atoms with Gasteiger partial charge >= 0.3 is 0 Å². The quantitative estimate of drug-likeness (QED) is 0.699. The Bertz CT molecular complexity index is 462. The van der Waals surface area contributed by atoms with Crippen molar-refractivity contribution in [2.75, 3.05) is 0 Å². The van der Waals surface area contributed by atoms with Crippen molar-refractivity contribution in [3.05, 3.63) is 38.9 Å². The summed E-state index contributed by atoms with van der Waals surface area (Å²) >= 11 is 15.4. The Hall–Kier alpha value is -0.310. The van der Waals surface area contributed by atoms with Gasteiger partial charge in [-0.3, -0.25) is 4.98 Å². The Morgan fingerprint density at radius 1 is 1.08 bits per heavy atom. The molecule has 1 nitrogen and oxygen atoms in total. The lowest BCUT2D eigenvalue weighted by atomic mass is 10.2. The van der Waals surface area contributed by atoms with Gasteiger partial charge in [0.1, 0.15) is 0 Å². The summed E-state index contributed by atoms with van der Waals surface area (Å²) in [7, 11) is 0. The van der Waals surface area contributed by atoms with Crippen molar-refractivity contribution in [1.82, 2.24) is 4.98 Å². The maximum atomic E-state index is 6.01.